The van der Waals surface area contributed by atoms with Gasteiger partial charge in [-0.05, 0) is 51.5 Å². The van der Waals surface area contributed by atoms with Crippen molar-refractivity contribution in [2.24, 2.45) is 0 Å². The van der Waals surface area contributed by atoms with E-state index in [1.807, 2.05) is 39.8 Å². The number of methoxy groups -OCH3 is 1. The Kier molecular flexibility index (Phi) is 7.03. The number of hydrogen-bond acceptors (Lipinski definition) is 4. The molecule has 6 heteroatoms. The van der Waals surface area contributed by atoms with E-state index in [9.17, 15) is 9.59 Å². The number of carbonyl (C=O) groups excluding carboxylic acids is 2. The van der Waals surface area contributed by atoms with E-state index in [1.165, 1.54) is 7.11 Å². The van der Waals surface area contributed by atoms with Gasteiger partial charge in [0.05, 0.1) is 0 Å². The molecule has 1 unspecified atom stereocenters. The highest BCUT2D eigenvalue weighted by molar-refractivity contribution is 5.92. The predicted octanol–water partition coefficient (Wildman–Crippen LogP) is 2.38. The molecule has 0 heterocycles. The molecule has 0 saturated heterocycles. The van der Waals surface area contributed by atoms with Crippen molar-refractivity contribution in [3.63, 3.8) is 0 Å². The van der Waals surface area contributed by atoms with E-state index in [2.05, 4.69) is 16.0 Å². The Bertz CT molecular complexity index is 526. The lowest BCUT2D eigenvalue weighted by Gasteiger charge is -2.27. The van der Waals surface area contributed by atoms with Gasteiger partial charge in [0.2, 0.25) is 11.8 Å². The maximum atomic E-state index is 12.2. The van der Waals surface area contributed by atoms with Crippen LogP contribution in [0.3, 0.4) is 0 Å². The van der Waals surface area contributed by atoms with Crippen LogP contribution in [0.15, 0.2) is 24.3 Å². The molecular weight excluding hydrogens is 294 g/mol. The van der Waals surface area contributed by atoms with Crippen molar-refractivity contribution >= 4 is 23.2 Å². The molecule has 2 amide bonds. The summed E-state index contributed by atoms with van der Waals surface area (Å²) in [6.07, 6.45) is 0.862. The first-order chi connectivity index (χ1) is 10.8. The molecule has 0 aliphatic carbocycles. The summed E-state index contributed by atoms with van der Waals surface area (Å²) >= 11 is 0. The molecule has 128 valence electrons. The molecule has 0 spiro atoms. The monoisotopic (exact) mass is 321 g/mol. The van der Waals surface area contributed by atoms with Crippen LogP contribution in [0.4, 0.5) is 11.4 Å². The summed E-state index contributed by atoms with van der Waals surface area (Å²) in [4.78, 5) is 23.6. The van der Waals surface area contributed by atoms with Crippen LogP contribution in [0.5, 0.6) is 0 Å². The van der Waals surface area contributed by atoms with Crippen molar-refractivity contribution in [3.8, 4) is 0 Å². The van der Waals surface area contributed by atoms with Crippen molar-refractivity contribution in [1.82, 2.24) is 5.32 Å². The van der Waals surface area contributed by atoms with Gasteiger partial charge in [-0.15, -0.1) is 0 Å². The molecule has 3 N–H and O–H groups in total. The summed E-state index contributed by atoms with van der Waals surface area (Å²) in [6, 6.07) is 6.83. The van der Waals surface area contributed by atoms with Crippen LogP contribution in [0.2, 0.25) is 0 Å². The molecule has 0 radical (unpaired) electrons. The first kappa shape index (κ1) is 19.0. The minimum Gasteiger partial charge on any atom is -0.375 e. The molecule has 0 saturated carbocycles. The lowest BCUT2D eigenvalue weighted by Crippen LogP contribution is -2.48. The van der Waals surface area contributed by atoms with E-state index in [0.717, 1.165) is 12.1 Å². The summed E-state index contributed by atoms with van der Waals surface area (Å²) in [7, 11) is 1.47. The van der Waals surface area contributed by atoms with Crippen LogP contribution in [0.1, 0.15) is 34.1 Å². The standard InChI is InChI=1S/C17H27N3O3/c1-6-17(3,4)20-16(22)12(2)18-13-7-9-14(10-8-13)19-15(21)11-23-5/h7-10,12,18H,6,11H2,1-5H3,(H,19,21)(H,20,22). The summed E-state index contributed by atoms with van der Waals surface area (Å²) in [6.45, 7) is 7.86. The van der Waals surface area contributed by atoms with Gasteiger partial charge in [-0.3, -0.25) is 9.59 Å². The quantitative estimate of drug-likeness (QED) is 0.687. The van der Waals surface area contributed by atoms with Gasteiger partial charge in [0.25, 0.3) is 0 Å². The fourth-order valence-corrected chi connectivity index (χ4v) is 1.82. The van der Waals surface area contributed by atoms with Crippen molar-refractivity contribution in [1.29, 1.82) is 0 Å². The van der Waals surface area contributed by atoms with Crippen LogP contribution < -0.4 is 16.0 Å². The summed E-state index contributed by atoms with van der Waals surface area (Å²) < 4.78 is 4.76. The molecule has 0 aliphatic rings. The largest absolute Gasteiger partial charge is 0.375 e. The fourth-order valence-electron chi connectivity index (χ4n) is 1.82. The van der Waals surface area contributed by atoms with Crippen molar-refractivity contribution in [3.05, 3.63) is 24.3 Å². The Morgan fingerprint density at radius 2 is 1.74 bits per heavy atom. The molecule has 23 heavy (non-hydrogen) atoms. The first-order valence-corrected chi connectivity index (χ1v) is 7.75. The topological polar surface area (TPSA) is 79.5 Å². The zero-order chi connectivity index (χ0) is 17.5. The molecule has 0 bridgehead atoms. The normalized spacial score (nSPS) is 12.4. The van der Waals surface area contributed by atoms with Crippen LogP contribution >= 0.6 is 0 Å². The molecule has 0 aliphatic heterocycles. The minimum absolute atomic E-state index is 0.0183. The van der Waals surface area contributed by atoms with Crippen molar-refractivity contribution < 1.29 is 14.3 Å². The second kappa shape index (κ2) is 8.53. The number of carbonyl (C=O) groups is 2. The Balaban J connectivity index is 2.57. The summed E-state index contributed by atoms with van der Waals surface area (Å²) in [5.41, 5.74) is 1.27. The van der Waals surface area contributed by atoms with Crippen LogP contribution in [-0.4, -0.2) is 37.1 Å². The number of ether oxygens (including phenoxy) is 1. The third-order valence-corrected chi connectivity index (χ3v) is 3.57. The number of benzene rings is 1. The fraction of sp³-hybridized carbons (Fsp3) is 0.529. The average molecular weight is 321 g/mol. The van der Waals surface area contributed by atoms with Crippen LogP contribution in [0, 0.1) is 0 Å². The molecule has 0 fully saturated rings. The van der Waals surface area contributed by atoms with Gasteiger partial charge in [0, 0.05) is 24.0 Å². The molecule has 0 aromatic heterocycles. The smallest absolute Gasteiger partial charge is 0.250 e. The first-order valence-electron chi connectivity index (χ1n) is 7.75. The summed E-state index contributed by atoms with van der Waals surface area (Å²) in [5.74, 6) is -0.253. The van der Waals surface area contributed by atoms with Gasteiger partial charge < -0.3 is 20.7 Å². The third-order valence-electron chi connectivity index (χ3n) is 3.57. The maximum absolute atomic E-state index is 12.2. The van der Waals surface area contributed by atoms with E-state index in [1.54, 1.807) is 12.1 Å². The van der Waals surface area contributed by atoms with Gasteiger partial charge in [0.1, 0.15) is 12.6 Å². The summed E-state index contributed by atoms with van der Waals surface area (Å²) in [5, 5.41) is 8.86. The molecular formula is C17H27N3O3. The molecule has 1 aromatic rings. The van der Waals surface area contributed by atoms with Crippen molar-refractivity contribution in [2.45, 2.75) is 45.7 Å². The maximum Gasteiger partial charge on any atom is 0.250 e. The SMILES string of the molecule is CCC(C)(C)NC(=O)C(C)Nc1ccc(NC(=O)COC)cc1. The average Bonchev–Trinajstić information content (AvgIpc) is 2.49. The highest BCUT2D eigenvalue weighted by Gasteiger charge is 2.21. The van der Waals surface area contributed by atoms with Gasteiger partial charge in [-0.25, -0.2) is 0 Å². The van der Waals surface area contributed by atoms with Crippen LogP contribution in [-0.2, 0) is 14.3 Å². The van der Waals surface area contributed by atoms with Crippen LogP contribution in [0.25, 0.3) is 0 Å². The Morgan fingerprint density at radius 3 is 2.26 bits per heavy atom. The lowest BCUT2D eigenvalue weighted by atomic mass is 10.0. The third kappa shape index (κ3) is 6.69. The second-order valence-corrected chi connectivity index (χ2v) is 6.15. The Hall–Kier alpha value is -2.08. The zero-order valence-electron chi connectivity index (χ0n) is 14.5. The van der Waals surface area contributed by atoms with E-state index in [-0.39, 0.29) is 30.0 Å². The minimum atomic E-state index is -0.352. The van der Waals surface area contributed by atoms with Gasteiger partial charge in [-0.2, -0.15) is 0 Å². The van der Waals surface area contributed by atoms with Crippen molar-refractivity contribution in [2.75, 3.05) is 24.4 Å². The molecule has 1 atom stereocenters. The lowest BCUT2D eigenvalue weighted by molar-refractivity contribution is -0.123. The number of anilines is 2. The number of rotatable bonds is 8. The second-order valence-electron chi connectivity index (χ2n) is 6.15. The zero-order valence-corrected chi connectivity index (χ0v) is 14.5. The Labute approximate surface area is 138 Å². The number of amides is 2. The van der Waals surface area contributed by atoms with E-state index >= 15 is 0 Å². The molecule has 6 nitrogen and oxygen atoms in total. The van der Waals surface area contributed by atoms with E-state index < -0.39 is 0 Å². The highest BCUT2D eigenvalue weighted by atomic mass is 16.5. The molecule has 1 aromatic carbocycles. The van der Waals surface area contributed by atoms with E-state index in [4.69, 9.17) is 4.74 Å². The van der Waals surface area contributed by atoms with Gasteiger partial charge in [-0.1, -0.05) is 6.92 Å². The number of hydrogen-bond donors (Lipinski definition) is 3. The number of nitrogens with one attached hydrogen (secondary N) is 3. The molecule has 1 rings (SSSR count). The van der Waals surface area contributed by atoms with Gasteiger partial charge >= 0.3 is 0 Å². The predicted molar refractivity (Wildman–Crippen MR) is 92.5 cm³/mol. The Morgan fingerprint density at radius 1 is 1.17 bits per heavy atom. The highest BCUT2D eigenvalue weighted by Crippen LogP contribution is 2.15. The van der Waals surface area contributed by atoms with Gasteiger partial charge in [0.15, 0.2) is 0 Å². The van der Waals surface area contributed by atoms with E-state index in [0.29, 0.717) is 5.69 Å².